The van der Waals surface area contributed by atoms with Crippen molar-refractivity contribution in [3.8, 4) is 16.3 Å². The second-order valence-corrected chi connectivity index (χ2v) is 6.10. The number of nitrogens with zero attached hydrogens (tertiary/aromatic N) is 1. The van der Waals surface area contributed by atoms with Crippen molar-refractivity contribution in [3.63, 3.8) is 0 Å². The summed E-state index contributed by atoms with van der Waals surface area (Å²) in [6.07, 6.45) is 2.17. The van der Waals surface area contributed by atoms with Crippen molar-refractivity contribution in [3.05, 3.63) is 35.3 Å². The Labute approximate surface area is 125 Å². The Kier molecular flexibility index (Phi) is 5.15. The van der Waals surface area contributed by atoms with Gasteiger partial charge in [-0.15, -0.1) is 11.3 Å². The van der Waals surface area contributed by atoms with Crippen molar-refractivity contribution in [2.24, 2.45) is 0 Å². The molecular formula is C16H22N2OS. The first-order valence-electron chi connectivity index (χ1n) is 7.06. The predicted molar refractivity (Wildman–Crippen MR) is 85.4 cm³/mol. The molecular weight excluding hydrogens is 268 g/mol. The molecule has 4 heteroatoms. The van der Waals surface area contributed by atoms with Gasteiger partial charge in [0, 0.05) is 22.7 Å². The molecule has 2 aromatic rings. The van der Waals surface area contributed by atoms with Gasteiger partial charge in [0.1, 0.15) is 10.8 Å². The van der Waals surface area contributed by atoms with Crippen molar-refractivity contribution in [2.75, 3.05) is 6.54 Å². The fraction of sp³-hybridized carbons (Fsp3) is 0.438. The number of rotatable bonds is 6. The van der Waals surface area contributed by atoms with E-state index in [2.05, 4.69) is 36.3 Å². The predicted octanol–water partition coefficient (Wildman–Crippen LogP) is 4.27. The Morgan fingerprint density at radius 1 is 1.20 bits per heavy atom. The first-order chi connectivity index (χ1) is 9.60. The number of aromatic nitrogens is 1. The van der Waals surface area contributed by atoms with Gasteiger partial charge in [-0.2, -0.15) is 0 Å². The molecule has 2 rings (SSSR count). The quantitative estimate of drug-likeness (QED) is 0.862. The van der Waals surface area contributed by atoms with Crippen LogP contribution in [0.4, 0.5) is 0 Å². The van der Waals surface area contributed by atoms with Crippen LogP contribution in [0.2, 0.25) is 0 Å². The molecule has 0 radical (unpaired) electrons. The molecule has 0 bridgehead atoms. The van der Waals surface area contributed by atoms with Crippen molar-refractivity contribution in [1.82, 2.24) is 10.3 Å². The molecule has 0 spiro atoms. The van der Waals surface area contributed by atoms with Gasteiger partial charge in [0.05, 0.1) is 6.10 Å². The van der Waals surface area contributed by atoms with Crippen LogP contribution in [0.15, 0.2) is 30.5 Å². The average molecular weight is 290 g/mol. The number of hydrogen-bond acceptors (Lipinski definition) is 4. The molecule has 1 aromatic heterocycles. The molecule has 0 aliphatic rings. The summed E-state index contributed by atoms with van der Waals surface area (Å²) in [4.78, 5) is 5.79. The van der Waals surface area contributed by atoms with Crippen molar-refractivity contribution < 1.29 is 4.74 Å². The maximum absolute atomic E-state index is 5.65. The second-order valence-electron chi connectivity index (χ2n) is 5.04. The molecule has 1 heterocycles. The molecule has 1 atom stereocenters. The molecule has 1 unspecified atom stereocenters. The van der Waals surface area contributed by atoms with Crippen molar-refractivity contribution in [2.45, 2.75) is 39.8 Å². The molecule has 0 fully saturated rings. The highest BCUT2D eigenvalue weighted by atomic mass is 32.1. The lowest BCUT2D eigenvalue weighted by Gasteiger charge is -2.09. The van der Waals surface area contributed by atoms with Gasteiger partial charge in [-0.1, -0.05) is 6.92 Å². The largest absolute Gasteiger partial charge is 0.491 e. The van der Waals surface area contributed by atoms with Gasteiger partial charge in [0.2, 0.25) is 0 Å². The van der Waals surface area contributed by atoms with Crippen LogP contribution in [-0.2, 0) is 0 Å². The van der Waals surface area contributed by atoms with E-state index in [1.54, 1.807) is 11.3 Å². The highest BCUT2D eigenvalue weighted by Crippen LogP contribution is 2.29. The zero-order valence-electron chi connectivity index (χ0n) is 12.5. The SMILES string of the molecule is CCNC(C)c1cnc(-c2ccc(OC(C)C)cc2)s1. The third-order valence-corrected chi connectivity index (χ3v) is 4.16. The van der Waals surface area contributed by atoms with Crippen LogP contribution in [-0.4, -0.2) is 17.6 Å². The molecule has 20 heavy (non-hydrogen) atoms. The van der Waals surface area contributed by atoms with Gasteiger partial charge in [0.15, 0.2) is 0 Å². The molecule has 108 valence electrons. The summed E-state index contributed by atoms with van der Waals surface area (Å²) < 4.78 is 5.65. The maximum Gasteiger partial charge on any atom is 0.123 e. The third kappa shape index (κ3) is 3.81. The van der Waals surface area contributed by atoms with E-state index in [1.165, 1.54) is 4.88 Å². The summed E-state index contributed by atoms with van der Waals surface area (Å²) in [5, 5.41) is 4.46. The van der Waals surface area contributed by atoms with E-state index < -0.39 is 0 Å². The van der Waals surface area contributed by atoms with Crippen LogP contribution in [0.3, 0.4) is 0 Å². The Bertz CT molecular complexity index is 534. The minimum atomic E-state index is 0.202. The van der Waals surface area contributed by atoms with Crippen LogP contribution in [0.1, 0.15) is 38.6 Å². The highest BCUT2D eigenvalue weighted by molar-refractivity contribution is 7.15. The van der Waals surface area contributed by atoms with E-state index in [4.69, 9.17) is 4.74 Å². The molecule has 0 amide bonds. The number of hydrogen-bond donors (Lipinski definition) is 1. The van der Waals surface area contributed by atoms with Gasteiger partial charge in [-0.3, -0.25) is 0 Å². The molecule has 0 saturated heterocycles. The van der Waals surface area contributed by atoms with E-state index in [0.717, 1.165) is 22.9 Å². The van der Waals surface area contributed by atoms with Crippen LogP contribution in [0.25, 0.3) is 10.6 Å². The van der Waals surface area contributed by atoms with E-state index in [-0.39, 0.29) is 6.10 Å². The van der Waals surface area contributed by atoms with Crippen LogP contribution < -0.4 is 10.1 Å². The lowest BCUT2D eigenvalue weighted by atomic mass is 10.2. The monoisotopic (exact) mass is 290 g/mol. The van der Waals surface area contributed by atoms with E-state index >= 15 is 0 Å². The van der Waals surface area contributed by atoms with Crippen LogP contribution in [0.5, 0.6) is 5.75 Å². The molecule has 1 aromatic carbocycles. The number of ether oxygens (including phenoxy) is 1. The molecule has 3 nitrogen and oxygen atoms in total. The third-order valence-electron chi connectivity index (χ3n) is 2.93. The Balaban J connectivity index is 2.11. The van der Waals surface area contributed by atoms with Crippen LogP contribution >= 0.6 is 11.3 Å². The molecule has 0 saturated carbocycles. The highest BCUT2D eigenvalue weighted by Gasteiger charge is 2.10. The maximum atomic E-state index is 5.65. The van der Waals surface area contributed by atoms with Gasteiger partial charge in [-0.25, -0.2) is 4.98 Å². The minimum absolute atomic E-state index is 0.202. The van der Waals surface area contributed by atoms with Gasteiger partial charge in [0.25, 0.3) is 0 Å². The average Bonchev–Trinajstić information content (AvgIpc) is 2.89. The lowest BCUT2D eigenvalue weighted by Crippen LogP contribution is -2.16. The van der Waals surface area contributed by atoms with Gasteiger partial charge >= 0.3 is 0 Å². The first-order valence-corrected chi connectivity index (χ1v) is 7.88. The molecule has 0 aliphatic heterocycles. The standard InChI is InChI=1S/C16H22N2OS/c1-5-17-12(4)15-10-18-16(20-15)13-6-8-14(9-7-13)19-11(2)3/h6-12,17H,5H2,1-4H3. The fourth-order valence-corrected chi connectivity index (χ4v) is 2.92. The second kappa shape index (κ2) is 6.86. The zero-order valence-corrected chi connectivity index (χ0v) is 13.3. The van der Waals surface area contributed by atoms with E-state index in [9.17, 15) is 0 Å². The van der Waals surface area contributed by atoms with E-state index in [0.29, 0.717) is 6.04 Å². The summed E-state index contributed by atoms with van der Waals surface area (Å²) in [5.41, 5.74) is 1.14. The summed E-state index contributed by atoms with van der Waals surface area (Å²) >= 11 is 1.74. The van der Waals surface area contributed by atoms with Gasteiger partial charge < -0.3 is 10.1 Å². The molecule has 0 aliphatic carbocycles. The lowest BCUT2D eigenvalue weighted by molar-refractivity contribution is 0.242. The number of thiazole rings is 1. The summed E-state index contributed by atoms with van der Waals surface area (Å²) in [6.45, 7) is 9.31. The number of benzene rings is 1. The summed E-state index contributed by atoms with van der Waals surface area (Å²) in [6, 6.07) is 8.50. The Morgan fingerprint density at radius 2 is 1.90 bits per heavy atom. The first kappa shape index (κ1) is 15.0. The normalized spacial score (nSPS) is 12.7. The van der Waals surface area contributed by atoms with Crippen molar-refractivity contribution in [1.29, 1.82) is 0 Å². The molecule has 1 N–H and O–H groups in total. The minimum Gasteiger partial charge on any atom is -0.491 e. The summed E-state index contributed by atoms with van der Waals surface area (Å²) in [5.74, 6) is 0.904. The Morgan fingerprint density at radius 3 is 2.50 bits per heavy atom. The topological polar surface area (TPSA) is 34.2 Å². The summed E-state index contributed by atoms with van der Waals surface area (Å²) in [7, 11) is 0. The van der Waals surface area contributed by atoms with Crippen LogP contribution in [0, 0.1) is 0 Å². The Hall–Kier alpha value is -1.39. The fourth-order valence-electron chi connectivity index (χ4n) is 1.98. The smallest absolute Gasteiger partial charge is 0.123 e. The zero-order chi connectivity index (χ0) is 14.5. The van der Waals surface area contributed by atoms with Crippen molar-refractivity contribution >= 4 is 11.3 Å². The number of nitrogens with one attached hydrogen (secondary N) is 1. The van der Waals surface area contributed by atoms with Gasteiger partial charge in [-0.05, 0) is 51.6 Å². The van der Waals surface area contributed by atoms with E-state index in [1.807, 2.05) is 32.2 Å².